The number of carbonyl (C=O) groups is 1. The molecule has 0 saturated carbocycles. The lowest BCUT2D eigenvalue weighted by molar-refractivity contribution is -0.140. The highest BCUT2D eigenvalue weighted by Crippen LogP contribution is 2.30. The maximum atomic E-state index is 12.9. The average Bonchev–Trinajstić information content (AvgIpc) is 3.27. The van der Waals surface area contributed by atoms with E-state index < -0.39 is 10.0 Å². The van der Waals surface area contributed by atoms with E-state index in [1.165, 1.54) is 22.4 Å². The van der Waals surface area contributed by atoms with E-state index in [2.05, 4.69) is 4.74 Å². The highest BCUT2D eigenvalue weighted by molar-refractivity contribution is 7.90. The molecule has 0 aliphatic heterocycles. The fourth-order valence-corrected chi connectivity index (χ4v) is 5.03. The molecule has 3 aromatic rings. The summed E-state index contributed by atoms with van der Waals surface area (Å²) >= 11 is 1.32. The van der Waals surface area contributed by atoms with Crippen LogP contribution in [0.5, 0.6) is 5.75 Å². The lowest BCUT2D eigenvalue weighted by Gasteiger charge is -2.06. The summed E-state index contributed by atoms with van der Waals surface area (Å²) in [6.45, 7) is 0. The number of benzene rings is 1. The summed E-state index contributed by atoms with van der Waals surface area (Å²) in [6.07, 6.45) is 2.12. The molecule has 0 N–H and O–H groups in total. The monoisotopic (exact) mass is 379 g/mol. The molecule has 0 amide bonds. The number of carbonyl (C=O) groups excluding carboxylic acids is 1. The molecular weight excluding hydrogens is 362 g/mol. The molecule has 0 radical (unpaired) electrons. The highest BCUT2D eigenvalue weighted by atomic mass is 32.2. The Morgan fingerprint density at radius 1 is 1.24 bits per heavy atom. The normalized spacial score (nSPS) is 11.6. The number of hydrogen-bond donors (Lipinski definition) is 0. The average molecular weight is 379 g/mol. The molecule has 2 aromatic heterocycles. The summed E-state index contributed by atoms with van der Waals surface area (Å²) in [6, 6.07) is 6.77. The number of ether oxygens (including phenoxy) is 2. The minimum atomic E-state index is -3.70. The van der Waals surface area contributed by atoms with Crippen LogP contribution in [-0.4, -0.2) is 32.6 Å². The molecule has 8 heteroatoms. The Morgan fingerprint density at radius 3 is 2.68 bits per heavy atom. The van der Waals surface area contributed by atoms with Gasteiger partial charge in [0.2, 0.25) is 0 Å². The van der Waals surface area contributed by atoms with Crippen LogP contribution in [0, 0.1) is 0 Å². The van der Waals surface area contributed by atoms with Gasteiger partial charge in [0.25, 0.3) is 10.0 Å². The molecule has 0 saturated heterocycles. The molecule has 0 atom stereocenters. The second kappa shape index (κ2) is 6.89. The molecule has 3 rings (SSSR count). The fraction of sp³-hybridized carbons (Fsp3) is 0.235. The summed E-state index contributed by atoms with van der Waals surface area (Å²) < 4.78 is 37.0. The number of aromatic nitrogens is 1. The molecule has 1 aromatic carbocycles. The molecular formula is C17H17NO5S2. The van der Waals surface area contributed by atoms with Crippen LogP contribution in [0.1, 0.15) is 12.0 Å². The molecule has 25 heavy (non-hydrogen) atoms. The zero-order valence-corrected chi connectivity index (χ0v) is 15.4. The van der Waals surface area contributed by atoms with Crippen molar-refractivity contribution >= 4 is 38.2 Å². The van der Waals surface area contributed by atoms with Crippen molar-refractivity contribution in [2.45, 2.75) is 17.7 Å². The van der Waals surface area contributed by atoms with Gasteiger partial charge >= 0.3 is 5.97 Å². The summed E-state index contributed by atoms with van der Waals surface area (Å²) in [5, 5.41) is 4.06. The minimum Gasteiger partial charge on any atom is -0.497 e. The first-order chi connectivity index (χ1) is 12.0. The summed E-state index contributed by atoms with van der Waals surface area (Å²) in [4.78, 5) is 11.7. The minimum absolute atomic E-state index is 0.172. The number of methoxy groups -OCH3 is 2. The Bertz CT molecular complexity index is 1000. The number of aryl methyl sites for hydroxylation is 1. The first-order valence-electron chi connectivity index (χ1n) is 7.50. The van der Waals surface area contributed by atoms with Gasteiger partial charge < -0.3 is 9.47 Å². The predicted octanol–water partition coefficient (Wildman–Crippen LogP) is 3.05. The van der Waals surface area contributed by atoms with Crippen molar-refractivity contribution in [3.8, 4) is 5.75 Å². The van der Waals surface area contributed by atoms with E-state index in [1.54, 1.807) is 48.3 Å². The predicted molar refractivity (Wildman–Crippen MR) is 95.7 cm³/mol. The Labute approximate surface area is 149 Å². The van der Waals surface area contributed by atoms with Gasteiger partial charge in [0, 0.05) is 23.4 Å². The number of esters is 1. The van der Waals surface area contributed by atoms with E-state index in [1.807, 2.05) is 0 Å². The van der Waals surface area contributed by atoms with Crippen LogP contribution in [0.3, 0.4) is 0 Å². The summed E-state index contributed by atoms with van der Waals surface area (Å²) in [7, 11) is -0.816. The maximum Gasteiger partial charge on any atom is 0.305 e. The number of rotatable bonds is 6. The molecule has 132 valence electrons. The molecule has 6 nitrogen and oxygen atoms in total. The van der Waals surface area contributed by atoms with Gasteiger partial charge in [-0.1, -0.05) is 0 Å². The van der Waals surface area contributed by atoms with Gasteiger partial charge in [0.1, 0.15) is 5.75 Å². The standard InChI is InChI=1S/C17H17NO5S2/c1-22-13-4-5-16-15(9-13)12(3-6-17(19)23-2)10-18(16)25(20,21)14-7-8-24-11-14/h4-5,7-11H,3,6H2,1-2H3. The van der Waals surface area contributed by atoms with E-state index in [-0.39, 0.29) is 17.3 Å². The molecule has 0 aliphatic carbocycles. The Morgan fingerprint density at radius 2 is 2.04 bits per heavy atom. The van der Waals surface area contributed by atoms with Gasteiger partial charge in [-0.3, -0.25) is 4.79 Å². The van der Waals surface area contributed by atoms with Crippen LogP contribution in [0.4, 0.5) is 0 Å². The fourth-order valence-electron chi connectivity index (χ4n) is 2.62. The quantitative estimate of drug-likeness (QED) is 0.616. The SMILES string of the molecule is COC(=O)CCc1cn(S(=O)(=O)c2ccsc2)c2ccc(OC)cc12. The Hall–Kier alpha value is -2.32. The van der Waals surface area contributed by atoms with Crippen molar-refractivity contribution in [2.24, 2.45) is 0 Å². The largest absolute Gasteiger partial charge is 0.497 e. The van der Waals surface area contributed by atoms with E-state index in [9.17, 15) is 13.2 Å². The third-order valence-electron chi connectivity index (χ3n) is 3.94. The topological polar surface area (TPSA) is 74.6 Å². The van der Waals surface area contributed by atoms with Crippen LogP contribution < -0.4 is 4.74 Å². The molecule has 0 bridgehead atoms. The van der Waals surface area contributed by atoms with Gasteiger partial charge in [-0.15, -0.1) is 0 Å². The highest BCUT2D eigenvalue weighted by Gasteiger charge is 2.22. The molecule has 0 fully saturated rings. The van der Waals surface area contributed by atoms with Crippen LogP contribution >= 0.6 is 11.3 Å². The van der Waals surface area contributed by atoms with E-state index in [0.717, 1.165) is 10.9 Å². The number of fused-ring (bicyclic) bond motifs is 1. The van der Waals surface area contributed by atoms with E-state index in [0.29, 0.717) is 17.7 Å². The lowest BCUT2D eigenvalue weighted by Crippen LogP contribution is -2.11. The molecule has 2 heterocycles. The molecule has 0 aliphatic rings. The lowest BCUT2D eigenvalue weighted by atomic mass is 10.1. The van der Waals surface area contributed by atoms with E-state index >= 15 is 0 Å². The first kappa shape index (κ1) is 17.5. The number of hydrogen-bond acceptors (Lipinski definition) is 6. The zero-order chi connectivity index (χ0) is 18.0. The van der Waals surface area contributed by atoms with Gasteiger partial charge in [0.05, 0.1) is 24.6 Å². The number of thiophene rings is 1. The van der Waals surface area contributed by atoms with Crippen molar-refractivity contribution in [1.82, 2.24) is 3.97 Å². The van der Waals surface area contributed by atoms with Crippen molar-refractivity contribution in [3.05, 3.63) is 46.8 Å². The second-order valence-corrected chi connectivity index (χ2v) is 7.97. The zero-order valence-electron chi connectivity index (χ0n) is 13.8. The first-order valence-corrected chi connectivity index (χ1v) is 9.88. The van der Waals surface area contributed by atoms with Crippen molar-refractivity contribution in [2.75, 3.05) is 14.2 Å². The van der Waals surface area contributed by atoms with Crippen molar-refractivity contribution < 1.29 is 22.7 Å². The smallest absolute Gasteiger partial charge is 0.305 e. The Balaban J connectivity index is 2.15. The van der Waals surface area contributed by atoms with Gasteiger partial charge in [-0.2, -0.15) is 11.3 Å². The van der Waals surface area contributed by atoms with Crippen molar-refractivity contribution in [1.29, 1.82) is 0 Å². The number of nitrogens with zero attached hydrogens (tertiary/aromatic N) is 1. The van der Waals surface area contributed by atoms with Crippen LogP contribution in [0.15, 0.2) is 46.1 Å². The maximum absolute atomic E-state index is 12.9. The molecule has 0 spiro atoms. The third kappa shape index (κ3) is 3.27. The summed E-state index contributed by atoms with van der Waals surface area (Å²) in [5.74, 6) is 0.280. The van der Waals surface area contributed by atoms with Crippen molar-refractivity contribution in [3.63, 3.8) is 0 Å². The van der Waals surface area contributed by atoms with Gasteiger partial charge in [-0.05, 0) is 41.6 Å². The van der Waals surface area contributed by atoms with Gasteiger partial charge in [-0.25, -0.2) is 12.4 Å². The Kier molecular flexibility index (Phi) is 4.82. The molecule has 0 unspecified atom stereocenters. The second-order valence-electron chi connectivity index (χ2n) is 5.37. The van der Waals surface area contributed by atoms with Gasteiger partial charge in [0.15, 0.2) is 0 Å². The summed E-state index contributed by atoms with van der Waals surface area (Å²) in [5.41, 5.74) is 1.30. The van der Waals surface area contributed by atoms with Crippen LogP contribution in [-0.2, 0) is 26.0 Å². The van der Waals surface area contributed by atoms with Crippen LogP contribution in [0.2, 0.25) is 0 Å². The third-order valence-corrected chi connectivity index (χ3v) is 6.44. The van der Waals surface area contributed by atoms with E-state index in [4.69, 9.17) is 4.74 Å². The van der Waals surface area contributed by atoms with Crippen LogP contribution in [0.25, 0.3) is 10.9 Å².